The van der Waals surface area contributed by atoms with Gasteiger partial charge in [-0.05, 0) is 31.5 Å². The highest BCUT2D eigenvalue weighted by Crippen LogP contribution is 2.26. The minimum Gasteiger partial charge on any atom is -0.419 e. The molecule has 0 bridgehead atoms. The molecule has 7 nitrogen and oxygen atoms in total. The Morgan fingerprint density at radius 1 is 1.06 bits per heavy atom. The van der Waals surface area contributed by atoms with Crippen LogP contribution >= 0.6 is 11.6 Å². The summed E-state index contributed by atoms with van der Waals surface area (Å²) in [6.07, 6.45) is 0.472. The number of hydrogen-bond donors (Lipinski definition) is 1. The molecule has 0 fully saturated rings. The van der Waals surface area contributed by atoms with Crippen LogP contribution in [0.2, 0.25) is 5.02 Å². The molecular formula is C23H25ClN4O3. The summed E-state index contributed by atoms with van der Waals surface area (Å²) in [6, 6.07) is 16.6. The maximum Gasteiger partial charge on any atom is 0.249 e. The molecular weight excluding hydrogens is 416 g/mol. The van der Waals surface area contributed by atoms with E-state index in [1.807, 2.05) is 56.3 Å². The molecule has 1 aromatic heterocycles. The van der Waals surface area contributed by atoms with Crippen molar-refractivity contribution in [2.45, 2.75) is 39.3 Å². The lowest BCUT2D eigenvalue weighted by atomic mass is 10.1. The zero-order valence-electron chi connectivity index (χ0n) is 17.5. The van der Waals surface area contributed by atoms with Crippen LogP contribution in [0.25, 0.3) is 11.5 Å². The summed E-state index contributed by atoms with van der Waals surface area (Å²) in [7, 11) is 0. The minimum absolute atomic E-state index is 0.0665. The molecule has 3 aromatic rings. The molecule has 0 radical (unpaired) electrons. The number of carbonyl (C=O) groups is 2. The van der Waals surface area contributed by atoms with E-state index in [4.69, 9.17) is 16.0 Å². The van der Waals surface area contributed by atoms with E-state index in [1.165, 1.54) is 0 Å². The first-order valence-corrected chi connectivity index (χ1v) is 10.5. The Labute approximate surface area is 186 Å². The van der Waals surface area contributed by atoms with Crippen LogP contribution in [0.4, 0.5) is 0 Å². The largest absolute Gasteiger partial charge is 0.419 e. The molecule has 8 heteroatoms. The molecule has 31 heavy (non-hydrogen) atoms. The monoisotopic (exact) mass is 440 g/mol. The highest BCUT2D eigenvalue weighted by atomic mass is 35.5. The van der Waals surface area contributed by atoms with E-state index >= 15 is 0 Å². The van der Waals surface area contributed by atoms with Crippen molar-refractivity contribution in [3.05, 3.63) is 71.1 Å². The molecule has 1 heterocycles. The van der Waals surface area contributed by atoms with Gasteiger partial charge in [0.05, 0.1) is 23.6 Å². The van der Waals surface area contributed by atoms with Crippen LogP contribution in [-0.4, -0.2) is 39.5 Å². The van der Waals surface area contributed by atoms with Gasteiger partial charge in [-0.2, -0.15) is 0 Å². The molecule has 0 aliphatic heterocycles. The Balaban J connectivity index is 1.54. The van der Waals surface area contributed by atoms with E-state index in [0.717, 1.165) is 5.56 Å². The van der Waals surface area contributed by atoms with Gasteiger partial charge in [0.25, 0.3) is 0 Å². The first-order valence-electron chi connectivity index (χ1n) is 10.1. The van der Waals surface area contributed by atoms with Crippen molar-refractivity contribution in [3.8, 4) is 11.5 Å². The Morgan fingerprint density at radius 2 is 1.77 bits per heavy atom. The van der Waals surface area contributed by atoms with Crippen LogP contribution in [0, 0.1) is 0 Å². The fourth-order valence-electron chi connectivity index (χ4n) is 3.06. The maximum atomic E-state index is 12.7. The Morgan fingerprint density at radius 3 is 2.48 bits per heavy atom. The number of nitrogens with one attached hydrogen (secondary N) is 1. The van der Waals surface area contributed by atoms with Crippen LogP contribution in [0.5, 0.6) is 0 Å². The first kappa shape index (κ1) is 22.5. The molecule has 2 aromatic carbocycles. The van der Waals surface area contributed by atoms with Crippen LogP contribution in [-0.2, 0) is 22.6 Å². The van der Waals surface area contributed by atoms with Crippen molar-refractivity contribution in [2.75, 3.05) is 6.54 Å². The topological polar surface area (TPSA) is 88.3 Å². The van der Waals surface area contributed by atoms with E-state index in [9.17, 15) is 9.59 Å². The van der Waals surface area contributed by atoms with E-state index < -0.39 is 0 Å². The van der Waals surface area contributed by atoms with Gasteiger partial charge in [0.15, 0.2) is 0 Å². The van der Waals surface area contributed by atoms with Crippen molar-refractivity contribution >= 4 is 23.4 Å². The van der Waals surface area contributed by atoms with Crippen molar-refractivity contribution in [1.82, 2.24) is 20.4 Å². The highest BCUT2D eigenvalue weighted by molar-refractivity contribution is 6.33. The molecule has 1 N–H and O–H groups in total. The fourth-order valence-corrected chi connectivity index (χ4v) is 3.28. The van der Waals surface area contributed by atoms with Gasteiger partial charge in [0, 0.05) is 19.0 Å². The third-order valence-electron chi connectivity index (χ3n) is 4.69. The number of nitrogens with zero attached hydrogens (tertiary/aromatic N) is 3. The molecule has 0 saturated heterocycles. The maximum absolute atomic E-state index is 12.7. The molecule has 0 spiro atoms. The number of halogens is 1. The van der Waals surface area contributed by atoms with Gasteiger partial charge in [-0.3, -0.25) is 9.59 Å². The van der Waals surface area contributed by atoms with Crippen molar-refractivity contribution < 1.29 is 14.0 Å². The number of benzene rings is 2. The Bertz CT molecular complexity index is 1020. The van der Waals surface area contributed by atoms with Crippen molar-refractivity contribution in [2.24, 2.45) is 0 Å². The van der Waals surface area contributed by atoms with Gasteiger partial charge >= 0.3 is 0 Å². The normalized spacial score (nSPS) is 10.8. The number of carbonyl (C=O) groups excluding carboxylic acids is 2. The van der Waals surface area contributed by atoms with Crippen LogP contribution in [0.3, 0.4) is 0 Å². The number of aromatic nitrogens is 2. The van der Waals surface area contributed by atoms with Crippen molar-refractivity contribution in [3.63, 3.8) is 0 Å². The van der Waals surface area contributed by atoms with E-state index in [0.29, 0.717) is 22.4 Å². The summed E-state index contributed by atoms with van der Waals surface area (Å²) in [6.45, 7) is 4.28. The summed E-state index contributed by atoms with van der Waals surface area (Å²) in [5.74, 6) is 0.416. The summed E-state index contributed by atoms with van der Waals surface area (Å²) in [4.78, 5) is 26.4. The molecule has 0 aliphatic carbocycles. The van der Waals surface area contributed by atoms with Crippen LogP contribution in [0.15, 0.2) is 59.0 Å². The van der Waals surface area contributed by atoms with E-state index in [-0.39, 0.29) is 43.8 Å². The number of hydrogen-bond acceptors (Lipinski definition) is 5. The first-order chi connectivity index (χ1) is 14.9. The third-order valence-corrected chi connectivity index (χ3v) is 5.02. The molecule has 0 atom stereocenters. The smallest absolute Gasteiger partial charge is 0.249 e. The van der Waals surface area contributed by atoms with E-state index in [2.05, 4.69) is 15.5 Å². The van der Waals surface area contributed by atoms with Crippen molar-refractivity contribution in [1.29, 1.82) is 0 Å². The summed E-state index contributed by atoms with van der Waals surface area (Å²) < 4.78 is 5.72. The predicted molar refractivity (Wildman–Crippen MR) is 118 cm³/mol. The molecule has 162 valence electrons. The van der Waals surface area contributed by atoms with Gasteiger partial charge in [-0.25, -0.2) is 0 Å². The SMILES string of the molecule is CC(C)N(Cc1nnc(-c2ccccc2Cl)o1)C(=O)CCNC(=O)Cc1ccccc1. The van der Waals surface area contributed by atoms with Gasteiger partial charge in [0.2, 0.25) is 23.6 Å². The minimum atomic E-state index is -0.114. The number of rotatable bonds is 9. The molecule has 2 amide bonds. The number of amides is 2. The quantitative estimate of drug-likeness (QED) is 0.545. The molecule has 0 saturated carbocycles. The predicted octanol–water partition coefficient (Wildman–Crippen LogP) is 3.88. The lowest BCUT2D eigenvalue weighted by molar-refractivity contribution is -0.133. The van der Waals surface area contributed by atoms with Gasteiger partial charge in [-0.1, -0.05) is 54.1 Å². The van der Waals surface area contributed by atoms with Crippen LogP contribution in [0.1, 0.15) is 31.7 Å². The van der Waals surface area contributed by atoms with Gasteiger partial charge < -0.3 is 14.6 Å². The Hall–Kier alpha value is -3.19. The highest BCUT2D eigenvalue weighted by Gasteiger charge is 2.21. The zero-order valence-corrected chi connectivity index (χ0v) is 18.3. The van der Waals surface area contributed by atoms with Gasteiger partial charge in [-0.15, -0.1) is 10.2 Å². The summed E-state index contributed by atoms with van der Waals surface area (Å²) in [5, 5.41) is 11.4. The lowest BCUT2D eigenvalue weighted by Crippen LogP contribution is -2.38. The standard InChI is InChI=1S/C23H25ClN4O3/c1-16(2)28(15-21-26-27-23(31-21)18-10-6-7-11-19(18)24)22(30)12-13-25-20(29)14-17-8-4-3-5-9-17/h3-11,16H,12-15H2,1-2H3,(H,25,29). The summed E-state index contributed by atoms with van der Waals surface area (Å²) in [5.41, 5.74) is 1.58. The fraction of sp³-hybridized carbons (Fsp3) is 0.304. The lowest BCUT2D eigenvalue weighted by Gasteiger charge is -2.25. The molecule has 3 rings (SSSR count). The second kappa shape index (κ2) is 10.7. The summed E-state index contributed by atoms with van der Waals surface area (Å²) >= 11 is 6.18. The average molecular weight is 441 g/mol. The van der Waals surface area contributed by atoms with E-state index in [1.54, 1.807) is 17.0 Å². The van der Waals surface area contributed by atoms with Crippen LogP contribution < -0.4 is 5.32 Å². The molecule has 0 aliphatic rings. The second-order valence-corrected chi connectivity index (χ2v) is 7.77. The van der Waals surface area contributed by atoms with Gasteiger partial charge in [0.1, 0.15) is 0 Å². The Kier molecular flexibility index (Phi) is 7.78. The molecule has 0 unspecified atom stereocenters. The second-order valence-electron chi connectivity index (χ2n) is 7.36. The average Bonchev–Trinajstić information content (AvgIpc) is 3.21. The zero-order chi connectivity index (χ0) is 22.2. The third kappa shape index (κ3) is 6.39.